The third-order valence-corrected chi connectivity index (χ3v) is 4.90. The van der Waals surface area contributed by atoms with E-state index in [4.69, 9.17) is 0 Å². The first-order valence-electron chi connectivity index (χ1n) is 7.81. The van der Waals surface area contributed by atoms with E-state index in [1.54, 1.807) is 0 Å². The maximum absolute atomic E-state index is 11.3. The minimum absolute atomic E-state index is 0.0744. The highest BCUT2D eigenvalue weighted by atomic mass is 16.4. The van der Waals surface area contributed by atoms with E-state index in [2.05, 4.69) is 11.8 Å². The molecule has 1 saturated heterocycles. The molecule has 1 aromatic rings. The number of nitrogens with zero attached hydrogens (tertiary/aromatic N) is 1. The molecule has 4 nitrogen and oxygen atoms in total. The lowest BCUT2D eigenvalue weighted by molar-refractivity contribution is -0.0125. The fourth-order valence-corrected chi connectivity index (χ4v) is 3.83. The van der Waals surface area contributed by atoms with Gasteiger partial charge in [0.2, 0.25) is 0 Å². The smallest absolute Gasteiger partial charge is 0.407 e. The van der Waals surface area contributed by atoms with Crippen LogP contribution in [-0.4, -0.2) is 39.4 Å². The average molecular weight is 299 g/mol. The summed E-state index contributed by atoms with van der Waals surface area (Å²) in [7, 11) is 0. The first kappa shape index (κ1) is 14.9. The van der Waals surface area contributed by atoms with Crippen LogP contribution in [0.1, 0.15) is 36.8 Å². The molecule has 3 atom stereocenters. The molecular weight excluding hydrogens is 278 g/mol. The van der Waals surface area contributed by atoms with Crippen molar-refractivity contribution in [3.8, 4) is 11.8 Å². The average Bonchev–Trinajstić information content (AvgIpc) is 2.91. The van der Waals surface area contributed by atoms with Crippen LogP contribution in [0.2, 0.25) is 0 Å². The van der Waals surface area contributed by atoms with Crippen molar-refractivity contribution in [2.45, 2.75) is 44.2 Å². The van der Waals surface area contributed by atoms with Gasteiger partial charge in [0.15, 0.2) is 0 Å². The predicted molar refractivity (Wildman–Crippen MR) is 83.5 cm³/mol. The number of aryl methyl sites for hydroxylation is 1. The summed E-state index contributed by atoms with van der Waals surface area (Å²) in [6.45, 7) is 2.51. The molecule has 3 rings (SSSR count). The molecule has 0 radical (unpaired) electrons. The molecule has 4 heteroatoms. The topological polar surface area (TPSA) is 60.8 Å². The fourth-order valence-electron chi connectivity index (χ4n) is 3.83. The van der Waals surface area contributed by atoms with Gasteiger partial charge in [0.25, 0.3) is 0 Å². The van der Waals surface area contributed by atoms with Crippen LogP contribution in [-0.2, 0) is 0 Å². The molecule has 1 heterocycles. The zero-order valence-corrected chi connectivity index (χ0v) is 12.7. The van der Waals surface area contributed by atoms with E-state index in [0.29, 0.717) is 19.4 Å². The molecule has 3 unspecified atom stereocenters. The molecule has 1 aliphatic carbocycles. The van der Waals surface area contributed by atoms with Crippen LogP contribution in [0.25, 0.3) is 0 Å². The lowest BCUT2D eigenvalue weighted by Gasteiger charge is -2.39. The van der Waals surface area contributed by atoms with Crippen LogP contribution in [0, 0.1) is 24.7 Å². The third kappa shape index (κ3) is 2.69. The number of hydrogen-bond acceptors (Lipinski definition) is 2. The van der Waals surface area contributed by atoms with E-state index in [-0.39, 0.29) is 12.0 Å². The Morgan fingerprint density at radius 3 is 2.95 bits per heavy atom. The van der Waals surface area contributed by atoms with Gasteiger partial charge in [0, 0.05) is 24.1 Å². The number of likely N-dealkylation sites (tertiary alicyclic amines) is 1. The van der Waals surface area contributed by atoms with Gasteiger partial charge in [-0.1, -0.05) is 24.0 Å². The standard InChI is InChI=1S/C18H21NO3/c1-13-4-2-5-14(12-13)7-10-18(22)9-3-6-16-15(18)8-11-19(16)17(20)21/h2,4-5,12,15-16,22H,3,6,8-9,11H2,1H3,(H,20,21). The van der Waals surface area contributed by atoms with Gasteiger partial charge >= 0.3 is 6.09 Å². The van der Waals surface area contributed by atoms with Crippen molar-refractivity contribution in [1.82, 2.24) is 4.90 Å². The van der Waals surface area contributed by atoms with Gasteiger partial charge in [-0.05, 0) is 50.3 Å². The lowest BCUT2D eigenvalue weighted by Crippen LogP contribution is -2.49. The van der Waals surface area contributed by atoms with Crippen molar-refractivity contribution >= 4 is 6.09 Å². The van der Waals surface area contributed by atoms with Gasteiger partial charge in [-0.3, -0.25) is 0 Å². The number of carbonyl (C=O) groups is 1. The normalized spacial score (nSPS) is 30.4. The van der Waals surface area contributed by atoms with Crippen LogP contribution in [0.3, 0.4) is 0 Å². The van der Waals surface area contributed by atoms with Crippen molar-refractivity contribution in [2.75, 3.05) is 6.54 Å². The van der Waals surface area contributed by atoms with Crippen LogP contribution in [0.4, 0.5) is 4.79 Å². The van der Waals surface area contributed by atoms with E-state index < -0.39 is 11.7 Å². The molecular formula is C18H21NO3. The predicted octanol–water partition coefficient (Wildman–Crippen LogP) is 2.63. The van der Waals surface area contributed by atoms with Gasteiger partial charge in [-0.25, -0.2) is 4.79 Å². The van der Waals surface area contributed by atoms with E-state index in [1.165, 1.54) is 4.90 Å². The summed E-state index contributed by atoms with van der Waals surface area (Å²) in [4.78, 5) is 12.8. The number of carboxylic acid groups (broad SMARTS) is 1. The molecule has 116 valence electrons. The second kappa shape index (κ2) is 5.66. The third-order valence-electron chi connectivity index (χ3n) is 4.90. The van der Waals surface area contributed by atoms with E-state index in [9.17, 15) is 15.0 Å². The summed E-state index contributed by atoms with van der Waals surface area (Å²) in [5.74, 6) is 6.07. The SMILES string of the molecule is Cc1cccc(C#CC2(O)CCCC3C2CCN3C(=O)O)c1. The van der Waals surface area contributed by atoms with Crippen LogP contribution in [0.15, 0.2) is 24.3 Å². The molecule has 2 N–H and O–H groups in total. The molecule has 2 aliphatic rings. The Morgan fingerprint density at radius 2 is 2.23 bits per heavy atom. The summed E-state index contributed by atoms with van der Waals surface area (Å²) >= 11 is 0. The van der Waals surface area contributed by atoms with Gasteiger partial charge in [0.1, 0.15) is 5.60 Å². The summed E-state index contributed by atoms with van der Waals surface area (Å²) in [5.41, 5.74) is 0.957. The first-order chi connectivity index (χ1) is 10.5. The van der Waals surface area contributed by atoms with Crippen LogP contribution >= 0.6 is 0 Å². The van der Waals surface area contributed by atoms with Crippen molar-refractivity contribution < 1.29 is 15.0 Å². The molecule has 2 fully saturated rings. The highest BCUT2D eigenvalue weighted by molar-refractivity contribution is 5.66. The number of benzene rings is 1. The molecule has 1 aliphatic heterocycles. The summed E-state index contributed by atoms with van der Waals surface area (Å²) in [5, 5.41) is 20.2. The first-order valence-corrected chi connectivity index (χ1v) is 7.81. The largest absolute Gasteiger partial charge is 0.465 e. The highest BCUT2D eigenvalue weighted by Gasteiger charge is 2.50. The molecule has 0 spiro atoms. The Bertz CT molecular complexity index is 645. The van der Waals surface area contributed by atoms with E-state index in [1.807, 2.05) is 31.2 Å². The minimum atomic E-state index is -1.07. The van der Waals surface area contributed by atoms with Crippen molar-refractivity contribution in [3.05, 3.63) is 35.4 Å². The second-order valence-electron chi connectivity index (χ2n) is 6.37. The Balaban J connectivity index is 1.85. The van der Waals surface area contributed by atoms with E-state index in [0.717, 1.165) is 24.0 Å². The number of amides is 1. The van der Waals surface area contributed by atoms with Gasteiger partial charge in [-0.15, -0.1) is 0 Å². The highest BCUT2D eigenvalue weighted by Crippen LogP contribution is 2.42. The number of rotatable bonds is 0. The number of aliphatic hydroxyl groups is 1. The summed E-state index contributed by atoms with van der Waals surface area (Å²) < 4.78 is 0. The molecule has 0 aromatic heterocycles. The fraction of sp³-hybridized carbons (Fsp3) is 0.500. The molecule has 1 amide bonds. The van der Waals surface area contributed by atoms with Crippen molar-refractivity contribution in [2.24, 2.45) is 5.92 Å². The van der Waals surface area contributed by atoms with Crippen molar-refractivity contribution in [1.29, 1.82) is 0 Å². The van der Waals surface area contributed by atoms with Gasteiger partial charge in [-0.2, -0.15) is 0 Å². The van der Waals surface area contributed by atoms with Crippen LogP contribution < -0.4 is 0 Å². The number of hydrogen-bond donors (Lipinski definition) is 2. The van der Waals surface area contributed by atoms with Gasteiger partial charge in [0.05, 0.1) is 0 Å². The Morgan fingerprint density at radius 1 is 1.41 bits per heavy atom. The van der Waals surface area contributed by atoms with Gasteiger partial charge < -0.3 is 15.1 Å². The quantitative estimate of drug-likeness (QED) is 0.724. The lowest BCUT2D eigenvalue weighted by atomic mass is 9.73. The van der Waals surface area contributed by atoms with Crippen LogP contribution in [0.5, 0.6) is 0 Å². The zero-order chi connectivity index (χ0) is 15.7. The molecule has 1 aromatic carbocycles. The summed E-state index contributed by atoms with van der Waals surface area (Å²) in [6, 6.07) is 7.80. The van der Waals surface area contributed by atoms with E-state index >= 15 is 0 Å². The molecule has 22 heavy (non-hydrogen) atoms. The van der Waals surface area contributed by atoms with Crippen molar-refractivity contribution in [3.63, 3.8) is 0 Å². The maximum Gasteiger partial charge on any atom is 0.407 e. The Kier molecular flexibility index (Phi) is 3.84. The number of fused-ring (bicyclic) bond motifs is 1. The monoisotopic (exact) mass is 299 g/mol. The maximum atomic E-state index is 11.3. The Labute approximate surface area is 130 Å². The Hall–Kier alpha value is -1.99. The summed E-state index contributed by atoms with van der Waals surface area (Å²) in [6.07, 6.45) is 2.06. The zero-order valence-electron chi connectivity index (χ0n) is 12.7. The minimum Gasteiger partial charge on any atom is -0.465 e. The second-order valence-corrected chi connectivity index (χ2v) is 6.37. The molecule has 0 bridgehead atoms. The molecule has 1 saturated carbocycles.